The van der Waals surface area contributed by atoms with E-state index in [0.29, 0.717) is 12.2 Å². The molecule has 24 heavy (non-hydrogen) atoms. The molecule has 2 heterocycles. The van der Waals surface area contributed by atoms with Crippen LogP contribution in [0.25, 0.3) is 5.69 Å². The molecule has 0 aliphatic heterocycles. The molecule has 6 nitrogen and oxygen atoms in total. The van der Waals surface area contributed by atoms with E-state index in [-0.39, 0.29) is 5.91 Å². The number of aromatic nitrogens is 3. The molecule has 0 unspecified atom stereocenters. The molecule has 2 aromatic heterocycles. The second-order valence-electron chi connectivity index (χ2n) is 5.98. The van der Waals surface area contributed by atoms with Crippen molar-refractivity contribution in [3.63, 3.8) is 0 Å². The summed E-state index contributed by atoms with van der Waals surface area (Å²) in [5.74, 6) is 1.42. The van der Waals surface area contributed by atoms with Crippen molar-refractivity contribution in [2.24, 2.45) is 0 Å². The van der Waals surface area contributed by atoms with E-state index in [1.807, 2.05) is 36.5 Å². The fourth-order valence-electron chi connectivity index (χ4n) is 3.03. The monoisotopic (exact) mass is 322 g/mol. The van der Waals surface area contributed by atoms with Gasteiger partial charge in [0.1, 0.15) is 5.76 Å². The molecule has 0 spiro atoms. The molecule has 0 fully saturated rings. The number of amides is 1. The molecule has 0 atom stereocenters. The first-order chi connectivity index (χ1) is 11.8. The third kappa shape index (κ3) is 2.95. The number of hydrogen-bond acceptors (Lipinski definition) is 4. The van der Waals surface area contributed by atoms with Crippen molar-refractivity contribution >= 4 is 11.7 Å². The summed E-state index contributed by atoms with van der Waals surface area (Å²) < 4.78 is 7.10. The zero-order valence-electron chi connectivity index (χ0n) is 13.2. The van der Waals surface area contributed by atoms with Crippen LogP contribution in [-0.4, -0.2) is 20.8 Å². The van der Waals surface area contributed by atoms with Crippen molar-refractivity contribution in [3.05, 3.63) is 59.6 Å². The Hall–Kier alpha value is -2.89. The van der Waals surface area contributed by atoms with Crippen LogP contribution in [0, 0.1) is 0 Å². The van der Waals surface area contributed by atoms with Crippen molar-refractivity contribution < 1.29 is 9.32 Å². The lowest BCUT2D eigenvalue weighted by atomic mass is 9.98. The minimum atomic E-state index is -0.0801. The highest BCUT2D eigenvalue weighted by molar-refractivity contribution is 5.92. The van der Waals surface area contributed by atoms with Gasteiger partial charge in [0, 0.05) is 24.4 Å². The van der Waals surface area contributed by atoms with Crippen molar-refractivity contribution in [1.82, 2.24) is 14.9 Å². The van der Waals surface area contributed by atoms with Gasteiger partial charge in [-0.1, -0.05) is 17.3 Å². The number of rotatable bonds is 4. The van der Waals surface area contributed by atoms with Crippen LogP contribution < -0.4 is 5.32 Å². The van der Waals surface area contributed by atoms with Gasteiger partial charge in [0.05, 0.1) is 12.1 Å². The van der Waals surface area contributed by atoms with E-state index in [2.05, 4.69) is 15.6 Å². The van der Waals surface area contributed by atoms with Gasteiger partial charge in [0.15, 0.2) is 5.82 Å². The van der Waals surface area contributed by atoms with E-state index < -0.39 is 0 Å². The number of carbonyl (C=O) groups excluding carboxylic acids is 1. The van der Waals surface area contributed by atoms with Crippen LogP contribution in [0.4, 0.5) is 5.82 Å². The van der Waals surface area contributed by atoms with E-state index in [1.165, 1.54) is 0 Å². The molecule has 1 aliphatic rings. The van der Waals surface area contributed by atoms with Crippen molar-refractivity contribution in [1.29, 1.82) is 0 Å². The Morgan fingerprint density at radius 1 is 1.21 bits per heavy atom. The maximum Gasteiger partial charge on any atom is 0.230 e. The SMILES string of the molecule is O=C(Cc1ccc(-n2cccn2)cc1)Nc1noc2c1CCCC2. The summed E-state index contributed by atoms with van der Waals surface area (Å²) in [4.78, 5) is 12.3. The van der Waals surface area contributed by atoms with Crippen LogP contribution in [0.5, 0.6) is 0 Å². The standard InChI is InChI=1S/C18H18N4O2/c23-17(20-18-15-4-1-2-5-16(15)24-21-18)12-13-6-8-14(9-7-13)22-11-3-10-19-22/h3,6-11H,1-2,4-5,12H2,(H,20,21,23). The molecule has 1 amide bonds. The molecular formula is C18H18N4O2. The summed E-state index contributed by atoms with van der Waals surface area (Å²) in [6.07, 6.45) is 8.00. The van der Waals surface area contributed by atoms with Gasteiger partial charge in [-0.05, 0) is 43.0 Å². The Balaban J connectivity index is 1.42. The Bertz CT molecular complexity index is 835. The predicted octanol–water partition coefficient (Wildman–Crippen LogP) is 2.92. The third-order valence-electron chi connectivity index (χ3n) is 4.28. The summed E-state index contributed by atoms with van der Waals surface area (Å²) in [7, 11) is 0. The molecule has 0 radical (unpaired) electrons. The first-order valence-electron chi connectivity index (χ1n) is 8.16. The molecule has 1 aliphatic carbocycles. The van der Waals surface area contributed by atoms with Gasteiger partial charge in [-0.3, -0.25) is 4.79 Å². The lowest BCUT2D eigenvalue weighted by molar-refractivity contribution is -0.115. The average Bonchev–Trinajstić information content (AvgIpc) is 3.26. The fourth-order valence-corrected chi connectivity index (χ4v) is 3.03. The van der Waals surface area contributed by atoms with Gasteiger partial charge in [-0.25, -0.2) is 4.68 Å². The van der Waals surface area contributed by atoms with Gasteiger partial charge in [-0.2, -0.15) is 5.10 Å². The van der Waals surface area contributed by atoms with Gasteiger partial charge < -0.3 is 9.84 Å². The second kappa shape index (κ2) is 6.31. The highest BCUT2D eigenvalue weighted by Gasteiger charge is 2.20. The van der Waals surface area contributed by atoms with Crippen LogP contribution in [-0.2, 0) is 24.1 Å². The number of fused-ring (bicyclic) bond motifs is 1. The van der Waals surface area contributed by atoms with Crippen LogP contribution in [0.15, 0.2) is 47.2 Å². The number of nitrogens with zero attached hydrogens (tertiary/aromatic N) is 3. The smallest absolute Gasteiger partial charge is 0.230 e. The van der Waals surface area contributed by atoms with Crippen LogP contribution in [0.2, 0.25) is 0 Å². The van der Waals surface area contributed by atoms with E-state index in [0.717, 1.165) is 48.3 Å². The molecule has 1 N–H and O–H groups in total. The van der Waals surface area contributed by atoms with Crippen molar-refractivity contribution in [3.8, 4) is 5.69 Å². The van der Waals surface area contributed by atoms with E-state index in [4.69, 9.17) is 4.52 Å². The molecule has 122 valence electrons. The molecule has 0 saturated carbocycles. The van der Waals surface area contributed by atoms with E-state index in [9.17, 15) is 4.79 Å². The lowest BCUT2D eigenvalue weighted by Crippen LogP contribution is -2.16. The number of carbonyl (C=O) groups is 1. The molecule has 0 bridgehead atoms. The minimum Gasteiger partial charge on any atom is -0.359 e. The highest BCUT2D eigenvalue weighted by Crippen LogP contribution is 2.27. The maximum atomic E-state index is 12.3. The summed E-state index contributed by atoms with van der Waals surface area (Å²) in [6, 6.07) is 9.66. The van der Waals surface area contributed by atoms with Crippen LogP contribution in [0.3, 0.4) is 0 Å². The first kappa shape index (κ1) is 14.7. The summed E-state index contributed by atoms with van der Waals surface area (Å²) in [5.41, 5.74) is 2.97. The highest BCUT2D eigenvalue weighted by atomic mass is 16.5. The number of nitrogens with one attached hydrogen (secondary N) is 1. The minimum absolute atomic E-state index is 0.0801. The Labute approximate surface area is 139 Å². The fraction of sp³-hybridized carbons (Fsp3) is 0.278. The summed E-state index contributed by atoms with van der Waals surface area (Å²) >= 11 is 0. The number of benzene rings is 1. The zero-order chi connectivity index (χ0) is 16.4. The lowest BCUT2D eigenvalue weighted by Gasteiger charge is -2.09. The Kier molecular flexibility index (Phi) is 3.86. The normalized spacial score (nSPS) is 13.5. The average molecular weight is 322 g/mol. The molecule has 0 saturated heterocycles. The van der Waals surface area contributed by atoms with Gasteiger partial charge in [-0.15, -0.1) is 0 Å². The molecule has 6 heteroatoms. The third-order valence-corrected chi connectivity index (χ3v) is 4.28. The first-order valence-corrected chi connectivity index (χ1v) is 8.16. The number of aryl methyl sites for hydroxylation is 1. The predicted molar refractivity (Wildman–Crippen MR) is 89.0 cm³/mol. The molecule has 3 aromatic rings. The Morgan fingerprint density at radius 3 is 2.83 bits per heavy atom. The number of anilines is 1. The van der Waals surface area contributed by atoms with Crippen molar-refractivity contribution in [2.45, 2.75) is 32.1 Å². The maximum absolute atomic E-state index is 12.3. The largest absolute Gasteiger partial charge is 0.359 e. The summed E-state index contributed by atoms with van der Waals surface area (Å²) in [6.45, 7) is 0. The quantitative estimate of drug-likeness (QED) is 0.801. The molecule has 4 rings (SSSR count). The molecular weight excluding hydrogens is 304 g/mol. The second-order valence-corrected chi connectivity index (χ2v) is 5.98. The van der Waals surface area contributed by atoms with E-state index in [1.54, 1.807) is 10.9 Å². The molecule has 1 aromatic carbocycles. The number of hydrogen-bond donors (Lipinski definition) is 1. The van der Waals surface area contributed by atoms with Gasteiger partial charge >= 0.3 is 0 Å². The topological polar surface area (TPSA) is 73.0 Å². The van der Waals surface area contributed by atoms with Gasteiger partial charge in [0.25, 0.3) is 0 Å². The van der Waals surface area contributed by atoms with Crippen LogP contribution >= 0.6 is 0 Å². The van der Waals surface area contributed by atoms with Gasteiger partial charge in [0.2, 0.25) is 5.91 Å². The van der Waals surface area contributed by atoms with Crippen molar-refractivity contribution in [2.75, 3.05) is 5.32 Å². The van der Waals surface area contributed by atoms with Crippen LogP contribution in [0.1, 0.15) is 29.7 Å². The Morgan fingerprint density at radius 2 is 2.04 bits per heavy atom. The zero-order valence-corrected chi connectivity index (χ0v) is 13.2. The van der Waals surface area contributed by atoms with E-state index >= 15 is 0 Å². The summed E-state index contributed by atoms with van der Waals surface area (Å²) in [5, 5.41) is 11.1.